The molecule has 3 aromatic rings. The maximum absolute atomic E-state index is 14.1. The number of amides is 1. The van der Waals surface area contributed by atoms with E-state index in [0.29, 0.717) is 34.0 Å². The molecular weight excluding hydrogens is 598 g/mol. The van der Waals surface area contributed by atoms with E-state index < -0.39 is 17.7 Å². The molecule has 0 radical (unpaired) electrons. The van der Waals surface area contributed by atoms with Gasteiger partial charge in [-0.2, -0.15) is 4.98 Å². The van der Waals surface area contributed by atoms with E-state index in [1.165, 1.54) is 34.2 Å². The summed E-state index contributed by atoms with van der Waals surface area (Å²) < 4.78 is 30.6. The predicted octanol–water partition coefficient (Wildman–Crippen LogP) is 4.81. The number of hydrogen-bond acceptors (Lipinski definition) is 7. The first-order valence-electron chi connectivity index (χ1n) is 10.5. The molecule has 1 fully saturated rings. The molecule has 0 saturated carbocycles. The number of oxime groups is 1. The topological polar surface area (TPSA) is 85.5 Å². The van der Waals surface area contributed by atoms with Crippen LogP contribution in [0.25, 0.3) is 0 Å². The minimum atomic E-state index is -0.804. The fraction of sp³-hybridized carbons (Fsp3) is 0.381. The molecule has 34 heavy (non-hydrogen) atoms. The number of likely N-dealkylation sites (tertiary alicyclic amines) is 1. The van der Waals surface area contributed by atoms with Crippen molar-refractivity contribution in [2.45, 2.75) is 37.8 Å². The molecule has 1 unspecified atom stereocenters. The van der Waals surface area contributed by atoms with E-state index in [1.54, 1.807) is 0 Å². The normalized spacial score (nSPS) is 18.8. The van der Waals surface area contributed by atoms with Gasteiger partial charge in [-0.15, -0.1) is 16.4 Å². The molecule has 1 atom stereocenters. The molecule has 178 valence electrons. The van der Waals surface area contributed by atoms with Crippen LogP contribution in [-0.2, 0) is 16.2 Å². The molecule has 0 bridgehead atoms. The number of benzene rings is 1. The number of hydrogen-bond donors (Lipinski definition) is 0. The van der Waals surface area contributed by atoms with Crippen molar-refractivity contribution in [1.82, 2.24) is 24.6 Å². The van der Waals surface area contributed by atoms with Crippen molar-refractivity contribution in [2.75, 3.05) is 13.1 Å². The summed E-state index contributed by atoms with van der Waals surface area (Å²) in [7, 11) is 0. The molecule has 0 aliphatic carbocycles. The van der Waals surface area contributed by atoms with Gasteiger partial charge in [-0.1, -0.05) is 11.2 Å². The molecule has 4 heterocycles. The second-order valence-electron chi connectivity index (χ2n) is 8.01. The maximum Gasteiger partial charge on any atom is 0.244 e. The van der Waals surface area contributed by atoms with Gasteiger partial charge in [0.05, 0.1) is 16.3 Å². The van der Waals surface area contributed by atoms with E-state index >= 15 is 0 Å². The third-order valence-corrected chi connectivity index (χ3v) is 7.82. The SMILES string of the molecule is O=C(Cn1nc(Br)nc1Br)N1CCC(c2nc(C3=NOC(c4c(F)cccc4F)C3)cs2)CC1. The lowest BCUT2D eigenvalue weighted by Crippen LogP contribution is -2.40. The van der Waals surface area contributed by atoms with Gasteiger partial charge in [-0.3, -0.25) is 4.79 Å². The summed E-state index contributed by atoms with van der Waals surface area (Å²) >= 11 is 8.02. The lowest BCUT2D eigenvalue weighted by atomic mass is 9.97. The summed E-state index contributed by atoms with van der Waals surface area (Å²) in [6.07, 6.45) is 1.04. The minimum Gasteiger partial charge on any atom is -0.387 e. The van der Waals surface area contributed by atoms with Gasteiger partial charge in [-0.05, 0) is 56.8 Å². The van der Waals surface area contributed by atoms with E-state index in [0.717, 1.165) is 17.8 Å². The van der Waals surface area contributed by atoms with Gasteiger partial charge in [0.25, 0.3) is 0 Å². The summed E-state index contributed by atoms with van der Waals surface area (Å²) in [5.74, 6) is -1.07. The molecule has 1 amide bonds. The zero-order valence-electron chi connectivity index (χ0n) is 17.6. The third kappa shape index (κ3) is 4.78. The van der Waals surface area contributed by atoms with Crippen LogP contribution < -0.4 is 0 Å². The van der Waals surface area contributed by atoms with E-state index in [9.17, 15) is 13.6 Å². The van der Waals surface area contributed by atoms with Crippen molar-refractivity contribution in [3.05, 3.63) is 60.9 Å². The molecular formula is C21H18Br2F2N6O2S. The second kappa shape index (κ2) is 9.78. The molecule has 13 heteroatoms. The van der Waals surface area contributed by atoms with Crippen LogP contribution in [0, 0.1) is 11.6 Å². The van der Waals surface area contributed by atoms with Gasteiger partial charge >= 0.3 is 0 Å². The molecule has 0 N–H and O–H groups in total. The Hall–Kier alpha value is -2.25. The fourth-order valence-corrected chi connectivity index (χ4v) is 6.08. The van der Waals surface area contributed by atoms with E-state index in [-0.39, 0.29) is 30.4 Å². The largest absolute Gasteiger partial charge is 0.387 e. The Morgan fingerprint density at radius 3 is 2.59 bits per heavy atom. The van der Waals surface area contributed by atoms with Crippen molar-refractivity contribution in [2.24, 2.45) is 5.16 Å². The van der Waals surface area contributed by atoms with E-state index in [1.807, 2.05) is 10.3 Å². The Bertz CT molecular complexity index is 1240. The Morgan fingerprint density at radius 2 is 1.91 bits per heavy atom. The zero-order valence-corrected chi connectivity index (χ0v) is 21.6. The monoisotopic (exact) mass is 614 g/mol. The quantitative estimate of drug-likeness (QED) is 0.411. The third-order valence-electron chi connectivity index (χ3n) is 5.89. The standard InChI is InChI=1S/C21H18Br2F2N6O2S/c22-20-27-21(23)31(28-20)9-17(32)30-6-4-11(5-7-30)19-26-15(10-34-19)14-8-16(33-29-14)18-12(24)2-1-3-13(18)25/h1-3,10-11,16H,4-9H2. The molecule has 2 aliphatic rings. The summed E-state index contributed by atoms with van der Waals surface area (Å²) in [6, 6.07) is 3.74. The predicted molar refractivity (Wildman–Crippen MR) is 127 cm³/mol. The van der Waals surface area contributed by atoms with Gasteiger partial charge in [0, 0.05) is 30.8 Å². The van der Waals surface area contributed by atoms with Crippen molar-refractivity contribution in [3.8, 4) is 0 Å². The van der Waals surface area contributed by atoms with Gasteiger partial charge < -0.3 is 9.74 Å². The van der Waals surface area contributed by atoms with Crippen LogP contribution in [0.5, 0.6) is 0 Å². The number of aromatic nitrogens is 4. The molecule has 1 saturated heterocycles. The molecule has 0 spiro atoms. The van der Waals surface area contributed by atoms with Crippen LogP contribution in [0.15, 0.2) is 38.2 Å². The fourth-order valence-electron chi connectivity index (χ4n) is 4.11. The van der Waals surface area contributed by atoms with Crippen LogP contribution in [0.1, 0.15) is 47.5 Å². The Balaban J connectivity index is 1.18. The maximum atomic E-state index is 14.1. The number of nitrogens with zero attached hydrogens (tertiary/aromatic N) is 6. The average molecular weight is 616 g/mol. The van der Waals surface area contributed by atoms with Crippen molar-refractivity contribution in [1.29, 1.82) is 0 Å². The summed E-state index contributed by atoms with van der Waals surface area (Å²) in [4.78, 5) is 28.6. The van der Waals surface area contributed by atoms with Crippen LogP contribution in [0.2, 0.25) is 0 Å². The molecule has 8 nitrogen and oxygen atoms in total. The number of rotatable bonds is 5. The Kier molecular flexibility index (Phi) is 6.76. The summed E-state index contributed by atoms with van der Waals surface area (Å²) in [5, 5.41) is 11.0. The van der Waals surface area contributed by atoms with E-state index in [2.05, 4.69) is 47.1 Å². The van der Waals surface area contributed by atoms with Crippen LogP contribution >= 0.6 is 43.2 Å². The minimum absolute atomic E-state index is 0.0137. The smallest absolute Gasteiger partial charge is 0.244 e. The zero-order chi connectivity index (χ0) is 23.8. The highest BCUT2D eigenvalue weighted by molar-refractivity contribution is 9.11. The number of halogens is 4. The molecule has 1 aromatic carbocycles. The Labute approximate surface area is 214 Å². The van der Waals surface area contributed by atoms with Crippen LogP contribution in [0.3, 0.4) is 0 Å². The highest BCUT2D eigenvalue weighted by Gasteiger charge is 2.31. The van der Waals surface area contributed by atoms with Gasteiger partial charge in [0.15, 0.2) is 10.8 Å². The number of carbonyl (C=O) groups excluding carboxylic acids is 1. The number of piperidine rings is 1. The van der Waals surface area contributed by atoms with Gasteiger partial charge in [0.2, 0.25) is 10.6 Å². The highest BCUT2D eigenvalue weighted by atomic mass is 79.9. The highest BCUT2D eigenvalue weighted by Crippen LogP contribution is 2.35. The molecule has 5 rings (SSSR count). The van der Waals surface area contributed by atoms with Crippen molar-refractivity contribution in [3.63, 3.8) is 0 Å². The van der Waals surface area contributed by atoms with Gasteiger partial charge in [-0.25, -0.2) is 18.4 Å². The average Bonchev–Trinajstić information content (AvgIpc) is 3.54. The first-order valence-corrected chi connectivity index (χ1v) is 13.0. The summed E-state index contributed by atoms with van der Waals surface area (Å²) in [6.45, 7) is 1.38. The number of thiazole rings is 1. The lowest BCUT2D eigenvalue weighted by molar-refractivity contribution is -0.133. The first-order chi connectivity index (χ1) is 16.4. The van der Waals surface area contributed by atoms with Crippen molar-refractivity contribution < 1.29 is 18.4 Å². The van der Waals surface area contributed by atoms with E-state index in [4.69, 9.17) is 9.82 Å². The van der Waals surface area contributed by atoms with Crippen LogP contribution in [0.4, 0.5) is 8.78 Å². The summed E-state index contributed by atoms with van der Waals surface area (Å²) in [5.41, 5.74) is 1.13. The van der Waals surface area contributed by atoms with Crippen LogP contribution in [-0.4, -0.2) is 49.4 Å². The van der Waals surface area contributed by atoms with Crippen molar-refractivity contribution >= 4 is 54.8 Å². The number of carbonyl (C=O) groups is 1. The first kappa shape index (κ1) is 23.5. The van der Waals surface area contributed by atoms with Gasteiger partial charge in [0.1, 0.15) is 23.9 Å². The molecule has 2 aliphatic heterocycles. The molecule has 2 aromatic heterocycles. The second-order valence-corrected chi connectivity index (χ2v) is 10.3. The lowest BCUT2D eigenvalue weighted by Gasteiger charge is -2.31. The Morgan fingerprint density at radius 1 is 1.18 bits per heavy atom.